The maximum atomic E-state index is 13.5. The molecule has 1 aromatic rings. The van der Waals surface area contributed by atoms with Gasteiger partial charge in [0.15, 0.2) is 0 Å². The normalized spacial score (nSPS) is 16.0. The van der Waals surface area contributed by atoms with Gasteiger partial charge >= 0.3 is 0 Å². The molecule has 0 aliphatic carbocycles. The molecule has 2 rings (SSSR count). The van der Waals surface area contributed by atoms with Gasteiger partial charge in [0.25, 0.3) is 0 Å². The van der Waals surface area contributed by atoms with Crippen LogP contribution in [0.25, 0.3) is 0 Å². The Hall–Kier alpha value is -1.39. The number of hydrogen-bond donors (Lipinski definition) is 0. The number of piperidine rings is 1. The summed E-state index contributed by atoms with van der Waals surface area (Å²) in [4.78, 5) is 29.2. The van der Waals surface area contributed by atoms with E-state index in [0.29, 0.717) is 43.9 Å². The van der Waals surface area contributed by atoms with Gasteiger partial charge in [-0.2, -0.15) is 4.31 Å². The third kappa shape index (κ3) is 8.37. The van der Waals surface area contributed by atoms with Crippen LogP contribution in [0.3, 0.4) is 0 Å². The van der Waals surface area contributed by atoms with Crippen molar-refractivity contribution in [3.63, 3.8) is 0 Å². The number of sulfonamides is 1. The van der Waals surface area contributed by atoms with Gasteiger partial charge < -0.3 is 14.5 Å². The third-order valence-corrected chi connectivity index (χ3v) is 8.32. The summed E-state index contributed by atoms with van der Waals surface area (Å²) in [5, 5.41) is 0.00140. The molecule has 1 fully saturated rings. The minimum atomic E-state index is -3.59. The average molecular weight is 537 g/mol. The molecule has 0 spiro atoms. The molecule has 0 bridgehead atoms. The first kappa shape index (κ1) is 28.8. The second-order valence-electron chi connectivity index (χ2n) is 8.46. The van der Waals surface area contributed by atoms with Crippen LogP contribution >= 0.6 is 23.2 Å². The fourth-order valence-electron chi connectivity index (χ4n) is 4.00. The predicted molar refractivity (Wildman–Crippen MR) is 134 cm³/mol. The lowest BCUT2D eigenvalue weighted by atomic mass is 10.0. The van der Waals surface area contributed by atoms with Crippen molar-refractivity contribution in [2.24, 2.45) is 0 Å². The van der Waals surface area contributed by atoms with Gasteiger partial charge in [-0.1, -0.05) is 30.7 Å². The Morgan fingerprint density at radius 3 is 2.35 bits per heavy atom. The molecule has 0 aromatic heterocycles. The number of hydrogen-bond acceptors (Lipinski definition) is 5. The van der Waals surface area contributed by atoms with Crippen LogP contribution < -0.4 is 0 Å². The van der Waals surface area contributed by atoms with E-state index < -0.39 is 15.4 Å². The smallest absolute Gasteiger partial charge is 0.240 e. The SMILES string of the molecule is CCCS(=O)(=O)N(CCOC)CC(=O)N(Cc1ccc(Cl)cc1)C1CCN(C(=O)C(C)Cl)CC1. The summed E-state index contributed by atoms with van der Waals surface area (Å²) in [5.41, 5.74) is 0.894. The van der Waals surface area contributed by atoms with E-state index in [0.717, 1.165) is 5.56 Å². The molecule has 1 heterocycles. The summed E-state index contributed by atoms with van der Waals surface area (Å²) in [7, 11) is -2.10. The van der Waals surface area contributed by atoms with Crippen LogP contribution in [0, 0.1) is 0 Å². The molecule has 1 aromatic carbocycles. The molecule has 8 nitrogen and oxygen atoms in total. The summed E-state index contributed by atoms with van der Waals surface area (Å²) in [6, 6.07) is 7.11. The average Bonchev–Trinajstić information content (AvgIpc) is 2.80. The maximum Gasteiger partial charge on any atom is 0.240 e. The van der Waals surface area contributed by atoms with Gasteiger partial charge in [-0.25, -0.2) is 8.42 Å². The molecule has 0 radical (unpaired) electrons. The Kier molecular flexibility index (Phi) is 11.6. The minimum absolute atomic E-state index is 0.0295. The molecule has 11 heteroatoms. The Morgan fingerprint density at radius 2 is 1.82 bits per heavy atom. The lowest BCUT2D eigenvalue weighted by Crippen LogP contribution is -2.52. The van der Waals surface area contributed by atoms with E-state index in [2.05, 4.69) is 0 Å². The van der Waals surface area contributed by atoms with Crippen molar-refractivity contribution in [2.45, 2.75) is 51.1 Å². The van der Waals surface area contributed by atoms with Crippen LogP contribution in [0.2, 0.25) is 5.02 Å². The first-order chi connectivity index (χ1) is 16.1. The van der Waals surface area contributed by atoms with E-state index in [9.17, 15) is 18.0 Å². The number of alkyl halides is 1. The lowest BCUT2D eigenvalue weighted by Gasteiger charge is -2.39. The summed E-state index contributed by atoms with van der Waals surface area (Å²) in [6.07, 6.45) is 1.64. The summed E-state index contributed by atoms with van der Waals surface area (Å²) >= 11 is 12.0. The van der Waals surface area contributed by atoms with E-state index in [1.165, 1.54) is 11.4 Å². The number of amides is 2. The van der Waals surface area contributed by atoms with Gasteiger partial charge in [-0.15, -0.1) is 11.6 Å². The molecular weight excluding hydrogens is 501 g/mol. The molecular formula is C23H35Cl2N3O5S. The summed E-state index contributed by atoms with van der Waals surface area (Å²) in [6.45, 7) is 4.81. The highest BCUT2D eigenvalue weighted by Crippen LogP contribution is 2.22. The minimum Gasteiger partial charge on any atom is -0.383 e. The third-order valence-electron chi connectivity index (χ3n) is 5.86. The van der Waals surface area contributed by atoms with Crippen LogP contribution in [0.4, 0.5) is 0 Å². The second-order valence-corrected chi connectivity index (χ2v) is 11.6. The molecule has 192 valence electrons. The van der Waals surface area contributed by atoms with Crippen LogP contribution in [-0.4, -0.2) is 91.4 Å². The molecule has 1 aliphatic rings. The lowest BCUT2D eigenvalue weighted by molar-refractivity contribution is -0.137. The van der Waals surface area contributed by atoms with Crippen LogP contribution in [-0.2, 0) is 30.9 Å². The summed E-state index contributed by atoms with van der Waals surface area (Å²) in [5.74, 6) is -0.425. The zero-order valence-corrected chi connectivity index (χ0v) is 22.4. The van der Waals surface area contributed by atoms with Gasteiger partial charge in [-0.05, 0) is 43.9 Å². The molecule has 0 saturated carbocycles. The first-order valence-corrected chi connectivity index (χ1v) is 13.9. The molecule has 2 amide bonds. The fraction of sp³-hybridized carbons (Fsp3) is 0.652. The van der Waals surface area contributed by atoms with E-state index >= 15 is 0 Å². The maximum absolute atomic E-state index is 13.5. The van der Waals surface area contributed by atoms with E-state index in [1.807, 2.05) is 12.1 Å². The van der Waals surface area contributed by atoms with E-state index in [-0.39, 0.29) is 43.3 Å². The number of nitrogens with zero attached hydrogens (tertiary/aromatic N) is 3. The van der Waals surface area contributed by atoms with Crippen LogP contribution in [0.1, 0.15) is 38.7 Å². The monoisotopic (exact) mass is 535 g/mol. The Balaban J connectivity index is 2.23. The van der Waals surface area contributed by atoms with E-state index in [4.69, 9.17) is 27.9 Å². The quantitative estimate of drug-likeness (QED) is 0.384. The van der Waals surface area contributed by atoms with Crippen molar-refractivity contribution >= 4 is 45.0 Å². The van der Waals surface area contributed by atoms with Gasteiger partial charge in [0, 0.05) is 44.4 Å². The zero-order valence-electron chi connectivity index (χ0n) is 20.1. The zero-order chi connectivity index (χ0) is 25.3. The van der Waals surface area contributed by atoms with Gasteiger partial charge in [0.1, 0.15) is 5.38 Å². The first-order valence-electron chi connectivity index (χ1n) is 11.5. The van der Waals surface area contributed by atoms with Gasteiger partial charge in [0.05, 0.1) is 18.9 Å². The highest BCUT2D eigenvalue weighted by molar-refractivity contribution is 7.89. The summed E-state index contributed by atoms with van der Waals surface area (Å²) < 4.78 is 31.8. The number of halogens is 2. The van der Waals surface area contributed by atoms with Crippen molar-refractivity contribution in [3.05, 3.63) is 34.9 Å². The number of ether oxygens (including phenoxy) is 1. The van der Waals surface area contributed by atoms with Crippen LogP contribution in [0.5, 0.6) is 0 Å². The Labute approximate surface area is 213 Å². The molecule has 1 unspecified atom stereocenters. The molecule has 1 atom stereocenters. The number of carbonyl (C=O) groups is 2. The Morgan fingerprint density at radius 1 is 1.21 bits per heavy atom. The van der Waals surface area contributed by atoms with Crippen molar-refractivity contribution in [1.29, 1.82) is 0 Å². The van der Waals surface area contributed by atoms with Crippen LogP contribution in [0.15, 0.2) is 24.3 Å². The number of rotatable bonds is 12. The van der Waals surface area contributed by atoms with Gasteiger partial charge in [0.2, 0.25) is 21.8 Å². The van der Waals surface area contributed by atoms with Crippen molar-refractivity contribution < 1.29 is 22.7 Å². The highest BCUT2D eigenvalue weighted by Gasteiger charge is 2.33. The topological polar surface area (TPSA) is 87.2 Å². The number of benzene rings is 1. The molecule has 34 heavy (non-hydrogen) atoms. The number of likely N-dealkylation sites (tertiary alicyclic amines) is 1. The molecule has 1 saturated heterocycles. The number of methoxy groups -OCH3 is 1. The van der Waals surface area contributed by atoms with Gasteiger partial charge in [-0.3, -0.25) is 9.59 Å². The van der Waals surface area contributed by atoms with Crippen molar-refractivity contribution in [2.75, 3.05) is 45.6 Å². The van der Waals surface area contributed by atoms with Crippen molar-refractivity contribution in [3.8, 4) is 0 Å². The molecule has 0 N–H and O–H groups in total. The fourth-order valence-corrected chi connectivity index (χ4v) is 5.69. The highest BCUT2D eigenvalue weighted by atomic mass is 35.5. The van der Waals surface area contributed by atoms with E-state index in [1.54, 1.807) is 35.8 Å². The standard InChI is InChI=1S/C23H35Cl2N3O5S/c1-4-15-34(31,32)27(13-14-33-3)17-22(29)28(16-19-5-7-20(25)8-6-19)21-9-11-26(12-10-21)23(30)18(2)24/h5-8,18,21H,4,9-17H2,1-3H3. The predicted octanol–water partition coefficient (Wildman–Crippen LogP) is 2.98. The second kappa shape index (κ2) is 13.6. The van der Waals surface area contributed by atoms with Crippen molar-refractivity contribution in [1.82, 2.24) is 14.1 Å². The Bertz CT molecular complexity index is 904. The number of carbonyl (C=O) groups excluding carboxylic acids is 2. The molecule has 1 aliphatic heterocycles. The largest absolute Gasteiger partial charge is 0.383 e.